The van der Waals surface area contributed by atoms with Crippen molar-refractivity contribution in [2.75, 3.05) is 11.9 Å². The average Bonchev–Trinajstić information content (AvgIpc) is 2.26. The number of benzene rings is 1. The first kappa shape index (κ1) is 12.1. The molecule has 1 unspecified atom stereocenters. The van der Waals surface area contributed by atoms with E-state index in [1.807, 2.05) is 6.92 Å². The number of hydrogen-bond donors (Lipinski definition) is 1. The number of carboxylic acid groups (broad SMARTS) is 1. The summed E-state index contributed by atoms with van der Waals surface area (Å²) >= 11 is 0. The zero-order chi connectivity index (χ0) is 12.3. The van der Waals surface area contributed by atoms with E-state index < -0.39 is 12.0 Å². The molecule has 0 saturated heterocycles. The fourth-order valence-corrected chi connectivity index (χ4v) is 1.50. The van der Waals surface area contributed by atoms with Crippen LogP contribution in [0.5, 0.6) is 0 Å². The van der Waals surface area contributed by atoms with Crippen molar-refractivity contribution in [1.29, 1.82) is 5.26 Å². The number of aryl methyl sites for hydroxylation is 1. The van der Waals surface area contributed by atoms with Gasteiger partial charge in [0.15, 0.2) is 0 Å². The number of likely N-dealkylation sites (N-methyl/N-ethyl adjacent to an activating group) is 1. The van der Waals surface area contributed by atoms with E-state index in [0.717, 1.165) is 11.3 Å². The summed E-state index contributed by atoms with van der Waals surface area (Å²) in [6.07, 6.45) is 0. The third-order valence-corrected chi connectivity index (χ3v) is 2.64. The molecular formula is C12H14N2O2. The highest BCUT2D eigenvalue weighted by atomic mass is 16.4. The summed E-state index contributed by atoms with van der Waals surface area (Å²) in [6.45, 7) is 3.49. The smallest absolute Gasteiger partial charge is 0.326 e. The van der Waals surface area contributed by atoms with E-state index in [4.69, 9.17) is 10.4 Å². The summed E-state index contributed by atoms with van der Waals surface area (Å²) < 4.78 is 0. The maximum absolute atomic E-state index is 10.9. The van der Waals surface area contributed by atoms with Gasteiger partial charge in [0.1, 0.15) is 6.04 Å². The second-order valence-electron chi connectivity index (χ2n) is 3.74. The van der Waals surface area contributed by atoms with Gasteiger partial charge in [-0.2, -0.15) is 5.26 Å². The number of nitriles is 1. The van der Waals surface area contributed by atoms with Crippen molar-refractivity contribution in [3.8, 4) is 6.07 Å². The molecule has 1 aromatic carbocycles. The molecule has 1 aromatic rings. The summed E-state index contributed by atoms with van der Waals surface area (Å²) in [6, 6.07) is 6.67. The van der Waals surface area contributed by atoms with Crippen molar-refractivity contribution in [1.82, 2.24) is 0 Å². The van der Waals surface area contributed by atoms with Crippen LogP contribution in [0.15, 0.2) is 18.2 Å². The zero-order valence-electron chi connectivity index (χ0n) is 9.56. The molecule has 0 radical (unpaired) electrons. The molecule has 0 saturated carbocycles. The number of rotatable bonds is 3. The van der Waals surface area contributed by atoms with Crippen LogP contribution < -0.4 is 4.90 Å². The van der Waals surface area contributed by atoms with Gasteiger partial charge in [-0.15, -0.1) is 0 Å². The Morgan fingerprint density at radius 3 is 2.62 bits per heavy atom. The quantitative estimate of drug-likeness (QED) is 0.839. The Bertz CT molecular complexity index is 449. The first-order valence-corrected chi connectivity index (χ1v) is 4.93. The number of carboxylic acids is 1. The number of carbonyl (C=O) groups is 1. The molecule has 1 atom stereocenters. The van der Waals surface area contributed by atoms with Crippen LogP contribution >= 0.6 is 0 Å². The molecule has 0 heterocycles. The van der Waals surface area contributed by atoms with E-state index in [9.17, 15) is 4.79 Å². The molecule has 0 bridgehead atoms. The molecule has 1 rings (SSSR count). The Morgan fingerprint density at radius 2 is 2.19 bits per heavy atom. The molecule has 0 aliphatic rings. The topological polar surface area (TPSA) is 64.3 Å². The molecule has 84 valence electrons. The minimum absolute atomic E-state index is 0.581. The lowest BCUT2D eigenvalue weighted by atomic mass is 10.1. The van der Waals surface area contributed by atoms with Gasteiger partial charge >= 0.3 is 5.97 Å². The lowest BCUT2D eigenvalue weighted by Gasteiger charge is -2.25. The highest BCUT2D eigenvalue weighted by Crippen LogP contribution is 2.21. The Balaban J connectivity index is 3.06. The molecule has 0 amide bonds. The van der Waals surface area contributed by atoms with Crippen LogP contribution in [0, 0.1) is 18.3 Å². The zero-order valence-corrected chi connectivity index (χ0v) is 9.56. The molecule has 0 aliphatic heterocycles. The van der Waals surface area contributed by atoms with Gasteiger partial charge in [0, 0.05) is 12.7 Å². The van der Waals surface area contributed by atoms with E-state index in [0.29, 0.717) is 5.56 Å². The third-order valence-electron chi connectivity index (χ3n) is 2.64. The van der Waals surface area contributed by atoms with Crippen LogP contribution in [0.3, 0.4) is 0 Å². The van der Waals surface area contributed by atoms with E-state index in [2.05, 4.69) is 6.07 Å². The molecule has 4 heteroatoms. The third kappa shape index (κ3) is 2.31. The van der Waals surface area contributed by atoms with Gasteiger partial charge in [-0.25, -0.2) is 4.79 Å². The van der Waals surface area contributed by atoms with Crippen LogP contribution in [-0.4, -0.2) is 24.2 Å². The Kier molecular flexibility index (Phi) is 3.51. The fourth-order valence-electron chi connectivity index (χ4n) is 1.50. The second-order valence-corrected chi connectivity index (χ2v) is 3.74. The van der Waals surface area contributed by atoms with Gasteiger partial charge in [0.25, 0.3) is 0 Å². The molecule has 0 spiro atoms. The SMILES string of the molecule is Cc1cc(C#N)ccc1N(C)C(C)C(=O)O. The number of hydrogen-bond acceptors (Lipinski definition) is 3. The number of anilines is 1. The minimum atomic E-state index is -0.869. The molecule has 0 fully saturated rings. The van der Waals surface area contributed by atoms with Gasteiger partial charge in [0.05, 0.1) is 11.6 Å². The van der Waals surface area contributed by atoms with E-state index in [1.165, 1.54) is 0 Å². The van der Waals surface area contributed by atoms with Crippen molar-refractivity contribution >= 4 is 11.7 Å². The van der Waals surface area contributed by atoms with Gasteiger partial charge < -0.3 is 10.0 Å². The van der Waals surface area contributed by atoms with Crippen LogP contribution in [0.1, 0.15) is 18.1 Å². The van der Waals surface area contributed by atoms with Crippen LogP contribution in [0.25, 0.3) is 0 Å². The lowest BCUT2D eigenvalue weighted by molar-refractivity contribution is -0.138. The predicted molar refractivity (Wildman–Crippen MR) is 61.4 cm³/mol. The molecule has 16 heavy (non-hydrogen) atoms. The maximum atomic E-state index is 10.9. The van der Waals surface area contributed by atoms with E-state index >= 15 is 0 Å². The summed E-state index contributed by atoms with van der Waals surface area (Å²) in [5.74, 6) is -0.869. The summed E-state index contributed by atoms with van der Waals surface area (Å²) in [4.78, 5) is 12.5. The molecule has 1 N–H and O–H groups in total. The summed E-state index contributed by atoms with van der Waals surface area (Å²) in [5, 5.41) is 17.6. The Labute approximate surface area is 94.7 Å². The first-order valence-electron chi connectivity index (χ1n) is 4.93. The Morgan fingerprint density at radius 1 is 1.56 bits per heavy atom. The average molecular weight is 218 g/mol. The fraction of sp³-hybridized carbons (Fsp3) is 0.333. The minimum Gasteiger partial charge on any atom is -0.480 e. The number of nitrogens with zero attached hydrogens (tertiary/aromatic N) is 2. The highest BCUT2D eigenvalue weighted by molar-refractivity contribution is 5.78. The van der Waals surface area contributed by atoms with Crippen molar-refractivity contribution < 1.29 is 9.90 Å². The van der Waals surface area contributed by atoms with E-state index in [1.54, 1.807) is 37.1 Å². The summed E-state index contributed by atoms with van der Waals surface area (Å²) in [7, 11) is 1.73. The monoisotopic (exact) mass is 218 g/mol. The molecular weight excluding hydrogens is 204 g/mol. The van der Waals surface area contributed by atoms with Gasteiger partial charge in [-0.1, -0.05) is 0 Å². The largest absolute Gasteiger partial charge is 0.480 e. The first-order chi connectivity index (χ1) is 7.47. The van der Waals surface area contributed by atoms with Crippen molar-refractivity contribution in [2.24, 2.45) is 0 Å². The maximum Gasteiger partial charge on any atom is 0.326 e. The van der Waals surface area contributed by atoms with Gasteiger partial charge in [0.2, 0.25) is 0 Å². The number of aliphatic carboxylic acids is 1. The van der Waals surface area contributed by atoms with Crippen LogP contribution in [0.4, 0.5) is 5.69 Å². The normalized spacial score (nSPS) is 11.6. The van der Waals surface area contributed by atoms with Crippen molar-refractivity contribution in [3.05, 3.63) is 29.3 Å². The lowest BCUT2D eigenvalue weighted by Crippen LogP contribution is -2.36. The van der Waals surface area contributed by atoms with Gasteiger partial charge in [-0.05, 0) is 37.6 Å². The molecule has 0 aromatic heterocycles. The van der Waals surface area contributed by atoms with E-state index in [-0.39, 0.29) is 0 Å². The van der Waals surface area contributed by atoms with Crippen LogP contribution in [-0.2, 0) is 4.79 Å². The highest BCUT2D eigenvalue weighted by Gasteiger charge is 2.18. The van der Waals surface area contributed by atoms with Crippen LogP contribution in [0.2, 0.25) is 0 Å². The summed E-state index contributed by atoms with van der Waals surface area (Å²) in [5.41, 5.74) is 2.31. The Hall–Kier alpha value is -2.02. The molecule has 0 aliphatic carbocycles. The second kappa shape index (κ2) is 4.67. The van der Waals surface area contributed by atoms with Gasteiger partial charge in [-0.3, -0.25) is 0 Å². The predicted octanol–water partition coefficient (Wildman–Crippen LogP) is 1.78. The van der Waals surface area contributed by atoms with Crippen molar-refractivity contribution in [3.63, 3.8) is 0 Å². The van der Waals surface area contributed by atoms with Crippen molar-refractivity contribution in [2.45, 2.75) is 19.9 Å². The molecule has 4 nitrogen and oxygen atoms in total. The standard InChI is InChI=1S/C12H14N2O2/c1-8-6-10(7-13)4-5-11(8)14(3)9(2)12(15)16/h4-6,9H,1-3H3,(H,15,16).